The molecule has 0 bridgehead atoms. The molecular formula is C18H29N5O2. The van der Waals surface area contributed by atoms with Gasteiger partial charge in [0.1, 0.15) is 5.82 Å². The van der Waals surface area contributed by atoms with Crippen LogP contribution in [-0.2, 0) is 16.1 Å². The molecule has 2 saturated heterocycles. The molecule has 0 saturated carbocycles. The van der Waals surface area contributed by atoms with Crippen molar-refractivity contribution in [3.63, 3.8) is 0 Å². The van der Waals surface area contributed by atoms with E-state index < -0.39 is 6.04 Å². The van der Waals surface area contributed by atoms with Gasteiger partial charge in [0.2, 0.25) is 5.91 Å². The van der Waals surface area contributed by atoms with Gasteiger partial charge < -0.3 is 25.6 Å². The minimum atomic E-state index is -0.465. The van der Waals surface area contributed by atoms with Crippen molar-refractivity contribution in [2.24, 2.45) is 11.7 Å². The number of aromatic nitrogens is 1. The molecule has 2 aliphatic rings. The highest BCUT2D eigenvalue weighted by Crippen LogP contribution is 2.20. The number of nitrogens with one attached hydrogen (secondary N) is 1. The minimum absolute atomic E-state index is 0.0833. The highest BCUT2D eigenvalue weighted by Gasteiger charge is 2.26. The van der Waals surface area contributed by atoms with Crippen LogP contribution < -0.4 is 16.0 Å². The second-order valence-corrected chi connectivity index (χ2v) is 6.97. The molecule has 3 N–H and O–H groups in total. The van der Waals surface area contributed by atoms with Gasteiger partial charge in [-0.2, -0.15) is 0 Å². The Labute approximate surface area is 149 Å². The molecule has 7 nitrogen and oxygen atoms in total. The Kier molecular flexibility index (Phi) is 6.23. The third kappa shape index (κ3) is 4.68. The number of amides is 1. The maximum atomic E-state index is 12.4. The molecule has 1 aromatic heterocycles. The van der Waals surface area contributed by atoms with Gasteiger partial charge in [0, 0.05) is 57.7 Å². The number of hydrogen-bond donors (Lipinski definition) is 2. The van der Waals surface area contributed by atoms with Crippen LogP contribution in [0.15, 0.2) is 18.3 Å². The van der Waals surface area contributed by atoms with Gasteiger partial charge in [-0.25, -0.2) is 4.98 Å². The quantitative estimate of drug-likeness (QED) is 0.792. The lowest BCUT2D eigenvalue weighted by Crippen LogP contribution is -2.47. The number of rotatable bonds is 5. The van der Waals surface area contributed by atoms with Crippen molar-refractivity contribution in [2.75, 3.05) is 51.3 Å². The molecule has 25 heavy (non-hydrogen) atoms. The molecule has 0 radical (unpaired) electrons. The highest BCUT2D eigenvalue weighted by atomic mass is 16.5. The van der Waals surface area contributed by atoms with Gasteiger partial charge in [-0.3, -0.25) is 4.79 Å². The summed E-state index contributed by atoms with van der Waals surface area (Å²) in [4.78, 5) is 21.6. The van der Waals surface area contributed by atoms with Crippen molar-refractivity contribution in [3.8, 4) is 0 Å². The lowest BCUT2D eigenvalue weighted by atomic mass is 9.92. The molecule has 0 aliphatic carbocycles. The van der Waals surface area contributed by atoms with E-state index in [1.165, 1.54) is 0 Å². The highest BCUT2D eigenvalue weighted by molar-refractivity contribution is 5.82. The Morgan fingerprint density at radius 1 is 1.36 bits per heavy atom. The van der Waals surface area contributed by atoms with Crippen molar-refractivity contribution in [3.05, 3.63) is 23.9 Å². The summed E-state index contributed by atoms with van der Waals surface area (Å²) >= 11 is 0. The van der Waals surface area contributed by atoms with Crippen LogP contribution >= 0.6 is 0 Å². The van der Waals surface area contributed by atoms with Crippen LogP contribution in [0.4, 0.5) is 5.82 Å². The van der Waals surface area contributed by atoms with Gasteiger partial charge in [0.25, 0.3) is 0 Å². The second-order valence-electron chi connectivity index (χ2n) is 6.97. The number of nitrogens with zero attached hydrogens (tertiary/aromatic N) is 3. The zero-order valence-corrected chi connectivity index (χ0v) is 15.0. The molecule has 1 atom stereocenters. The molecule has 1 amide bonds. The van der Waals surface area contributed by atoms with E-state index in [1.54, 1.807) is 0 Å². The Morgan fingerprint density at radius 2 is 2.08 bits per heavy atom. The van der Waals surface area contributed by atoms with Crippen LogP contribution in [0.5, 0.6) is 0 Å². The Hall–Kier alpha value is -1.70. The van der Waals surface area contributed by atoms with E-state index in [4.69, 9.17) is 10.5 Å². The lowest BCUT2D eigenvalue weighted by molar-refractivity contribution is -0.124. The van der Waals surface area contributed by atoms with Gasteiger partial charge in [-0.05, 0) is 31.9 Å². The SMILES string of the molecule is CN1CCN(c2ncccc2CNC(=O)C(N)C2CCOCC2)CC1. The van der Waals surface area contributed by atoms with Crippen LogP contribution in [0, 0.1) is 5.92 Å². The fourth-order valence-electron chi connectivity index (χ4n) is 3.46. The monoisotopic (exact) mass is 347 g/mol. The molecule has 3 rings (SSSR count). The first-order valence-corrected chi connectivity index (χ1v) is 9.13. The fraction of sp³-hybridized carbons (Fsp3) is 0.667. The normalized spacial score (nSPS) is 21.1. The fourth-order valence-corrected chi connectivity index (χ4v) is 3.46. The van der Waals surface area contributed by atoms with Crippen molar-refractivity contribution in [1.82, 2.24) is 15.2 Å². The van der Waals surface area contributed by atoms with Gasteiger partial charge in [-0.1, -0.05) is 6.07 Å². The number of anilines is 1. The Balaban J connectivity index is 1.58. The number of nitrogens with two attached hydrogens (primary N) is 1. The number of likely N-dealkylation sites (N-methyl/N-ethyl adjacent to an activating group) is 1. The summed E-state index contributed by atoms with van der Waals surface area (Å²) < 4.78 is 5.34. The summed E-state index contributed by atoms with van der Waals surface area (Å²) in [5.41, 5.74) is 7.19. The van der Waals surface area contributed by atoms with Crippen LogP contribution in [0.2, 0.25) is 0 Å². The van der Waals surface area contributed by atoms with Crippen LogP contribution in [0.1, 0.15) is 18.4 Å². The number of pyridine rings is 1. The first-order valence-electron chi connectivity index (χ1n) is 9.13. The largest absolute Gasteiger partial charge is 0.381 e. The van der Waals surface area contributed by atoms with E-state index in [9.17, 15) is 4.79 Å². The average Bonchev–Trinajstić information content (AvgIpc) is 2.67. The predicted octanol–water partition coefficient (Wildman–Crippen LogP) is 0.204. The van der Waals surface area contributed by atoms with Gasteiger partial charge in [0.05, 0.1) is 6.04 Å². The van der Waals surface area contributed by atoms with Crippen molar-refractivity contribution in [2.45, 2.75) is 25.4 Å². The number of carbonyl (C=O) groups excluding carboxylic acids is 1. The van der Waals surface area contributed by atoms with E-state index in [1.807, 2.05) is 18.3 Å². The molecule has 138 valence electrons. The second kappa shape index (κ2) is 8.60. The van der Waals surface area contributed by atoms with Gasteiger partial charge >= 0.3 is 0 Å². The van der Waals surface area contributed by atoms with Crippen molar-refractivity contribution in [1.29, 1.82) is 0 Å². The average molecular weight is 347 g/mol. The van der Waals surface area contributed by atoms with Gasteiger partial charge in [0.15, 0.2) is 0 Å². The van der Waals surface area contributed by atoms with E-state index in [0.29, 0.717) is 19.8 Å². The van der Waals surface area contributed by atoms with Crippen LogP contribution in [-0.4, -0.2) is 68.3 Å². The molecule has 2 fully saturated rings. The first-order chi connectivity index (χ1) is 12.1. The molecule has 1 aromatic rings. The number of ether oxygens (including phenoxy) is 1. The number of hydrogen-bond acceptors (Lipinski definition) is 6. The van der Waals surface area contributed by atoms with E-state index in [-0.39, 0.29) is 11.8 Å². The molecule has 0 spiro atoms. The molecule has 3 heterocycles. The van der Waals surface area contributed by atoms with Crippen molar-refractivity contribution >= 4 is 11.7 Å². The molecular weight excluding hydrogens is 318 g/mol. The maximum Gasteiger partial charge on any atom is 0.237 e. The third-order valence-corrected chi connectivity index (χ3v) is 5.20. The summed E-state index contributed by atoms with van der Waals surface area (Å²) in [5, 5.41) is 3.00. The van der Waals surface area contributed by atoms with E-state index in [0.717, 1.165) is 50.4 Å². The summed E-state index contributed by atoms with van der Waals surface area (Å²) in [6, 6.07) is 3.48. The summed E-state index contributed by atoms with van der Waals surface area (Å²) in [7, 11) is 2.13. The Bertz CT molecular complexity index is 568. The standard InChI is InChI=1S/C18H29N5O2/c1-22-7-9-23(10-8-22)17-15(3-2-6-20-17)13-21-18(24)16(19)14-4-11-25-12-5-14/h2-3,6,14,16H,4-5,7-13,19H2,1H3,(H,21,24). The predicted molar refractivity (Wildman–Crippen MR) is 97.3 cm³/mol. The molecule has 7 heteroatoms. The van der Waals surface area contributed by atoms with E-state index in [2.05, 4.69) is 27.1 Å². The minimum Gasteiger partial charge on any atom is -0.381 e. The smallest absolute Gasteiger partial charge is 0.237 e. The number of piperazine rings is 1. The summed E-state index contributed by atoms with van der Waals surface area (Å²) in [5.74, 6) is 1.09. The molecule has 0 aromatic carbocycles. The van der Waals surface area contributed by atoms with Crippen LogP contribution in [0.25, 0.3) is 0 Å². The first kappa shape index (κ1) is 18.1. The molecule has 2 aliphatic heterocycles. The lowest BCUT2D eigenvalue weighted by Gasteiger charge is -2.34. The van der Waals surface area contributed by atoms with Gasteiger partial charge in [-0.15, -0.1) is 0 Å². The summed E-state index contributed by atoms with van der Waals surface area (Å²) in [6.45, 7) is 5.81. The Morgan fingerprint density at radius 3 is 2.80 bits per heavy atom. The van der Waals surface area contributed by atoms with E-state index >= 15 is 0 Å². The zero-order valence-electron chi connectivity index (χ0n) is 15.0. The maximum absolute atomic E-state index is 12.4. The zero-order chi connectivity index (χ0) is 17.6. The topological polar surface area (TPSA) is 83.7 Å². The summed E-state index contributed by atoms with van der Waals surface area (Å²) in [6.07, 6.45) is 3.52. The third-order valence-electron chi connectivity index (χ3n) is 5.20. The number of carbonyl (C=O) groups is 1. The van der Waals surface area contributed by atoms with Crippen LogP contribution in [0.3, 0.4) is 0 Å². The molecule has 1 unspecified atom stereocenters. The van der Waals surface area contributed by atoms with Crippen molar-refractivity contribution < 1.29 is 9.53 Å².